The van der Waals surface area contributed by atoms with Crippen molar-refractivity contribution in [1.82, 2.24) is 0 Å². The average Bonchev–Trinajstić information content (AvgIpc) is 3.06. The van der Waals surface area contributed by atoms with Crippen molar-refractivity contribution in [2.45, 2.75) is 58.2 Å². The summed E-state index contributed by atoms with van der Waals surface area (Å²) in [5, 5.41) is 10.7. The molecule has 0 radical (unpaired) electrons. The summed E-state index contributed by atoms with van der Waals surface area (Å²) < 4.78 is 10.6. The molecule has 1 aliphatic rings. The van der Waals surface area contributed by atoms with Gasteiger partial charge in [-0.1, -0.05) is 48.0 Å². The van der Waals surface area contributed by atoms with E-state index >= 15 is 0 Å². The zero-order valence-corrected chi connectivity index (χ0v) is 18.9. The Morgan fingerprint density at radius 1 is 1.32 bits per heavy atom. The molecule has 168 valence electrons. The third kappa shape index (κ3) is 9.53. The fourth-order valence-electron chi connectivity index (χ4n) is 3.19. The molecule has 1 N–H and O–H groups in total. The highest BCUT2D eigenvalue weighted by Crippen LogP contribution is 2.27. The molecule has 0 saturated heterocycles. The predicted octanol–water partition coefficient (Wildman–Crippen LogP) is 5.22. The molecule has 1 aromatic rings. The lowest BCUT2D eigenvalue weighted by Gasteiger charge is -2.11. The molecule has 31 heavy (non-hydrogen) atoms. The van der Waals surface area contributed by atoms with Gasteiger partial charge in [0.2, 0.25) is 0 Å². The normalized spacial score (nSPS) is 17.5. The number of carbonyl (C=O) groups excluding carboxylic acids is 2. The number of ether oxygens (including phenoxy) is 2. The quantitative estimate of drug-likeness (QED) is 0.271. The Balaban J connectivity index is 1.74. The fourth-order valence-corrected chi connectivity index (χ4v) is 3.37. The second kappa shape index (κ2) is 13.1. The van der Waals surface area contributed by atoms with Crippen LogP contribution in [0.15, 0.2) is 60.2 Å². The second-order valence-corrected chi connectivity index (χ2v) is 8.20. The largest absolute Gasteiger partial charge is 0.491 e. The average molecular weight is 447 g/mol. The maximum Gasteiger partial charge on any atom is 0.306 e. The first kappa shape index (κ1) is 24.9. The Kier molecular flexibility index (Phi) is 10.5. The van der Waals surface area contributed by atoms with E-state index in [1.165, 1.54) is 0 Å². The van der Waals surface area contributed by atoms with Crippen molar-refractivity contribution in [3.63, 3.8) is 0 Å². The van der Waals surface area contributed by atoms with Crippen LogP contribution < -0.4 is 4.74 Å². The molecular formula is C25H31ClO5. The molecule has 0 aromatic heterocycles. The van der Waals surface area contributed by atoms with Gasteiger partial charge in [0.1, 0.15) is 24.2 Å². The van der Waals surface area contributed by atoms with Crippen molar-refractivity contribution in [2.75, 3.05) is 6.61 Å². The molecule has 0 bridgehead atoms. The highest BCUT2D eigenvalue weighted by atomic mass is 35.5. The van der Waals surface area contributed by atoms with Crippen LogP contribution in [-0.4, -0.2) is 35.7 Å². The fraction of sp³-hybridized carbons (Fsp3) is 0.440. The Hall–Kier alpha value is -2.37. The Labute approximate surface area is 189 Å². The van der Waals surface area contributed by atoms with E-state index in [0.29, 0.717) is 30.0 Å². The van der Waals surface area contributed by atoms with Crippen LogP contribution in [0.2, 0.25) is 5.02 Å². The topological polar surface area (TPSA) is 72.8 Å². The number of aliphatic hydroxyl groups is 1. The van der Waals surface area contributed by atoms with Crippen LogP contribution in [-0.2, 0) is 14.3 Å². The molecule has 0 saturated carbocycles. The van der Waals surface area contributed by atoms with Gasteiger partial charge in [0, 0.05) is 23.8 Å². The van der Waals surface area contributed by atoms with Gasteiger partial charge in [-0.05, 0) is 56.9 Å². The number of ketones is 1. The minimum Gasteiger partial charge on any atom is -0.491 e. The molecule has 0 aliphatic heterocycles. The number of unbranched alkanes of at least 4 members (excludes halogenated alkanes) is 1. The third-order valence-corrected chi connectivity index (χ3v) is 4.95. The first-order valence-corrected chi connectivity index (χ1v) is 11.0. The Morgan fingerprint density at radius 2 is 2.13 bits per heavy atom. The van der Waals surface area contributed by atoms with E-state index < -0.39 is 6.10 Å². The minimum atomic E-state index is -0.794. The predicted molar refractivity (Wildman–Crippen MR) is 122 cm³/mol. The van der Waals surface area contributed by atoms with Crippen LogP contribution in [0, 0.1) is 5.92 Å². The van der Waals surface area contributed by atoms with Crippen LogP contribution in [0.1, 0.15) is 46.0 Å². The van der Waals surface area contributed by atoms with Gasteiger partial charge in [-0.3, -0.25) is 9.59 Å². The number of halogens is 1. The summed E-state index contributed by atoms with van der Waals surface area (Å²) in [6.07, 6.45) is 11.4. The first-order valence-electron chi connectivity index (χ1n) is 10.7. The van der Waals surface area contributed by atoms with Crippen LogP contribution in [0.4, 0.5) is 0 Å². The number of aliphatic hydroxyl groups excluding tert-OH is 1. The zero-order valence-electron chi connectivity index (χ0n) is 18.1. The summed E-state index contributed by atoms with van der Waals surface area (Å²) in [6.45, 7) is 3.77. The number of benzene rings is 1. The van der Waals surface area contributed by atoms with Gasteiger partial charge in [-0.15, -0.1) is 0 Å². The van der Waals surface area contributed by atoms with Crippen LogP contribution in [0.3, 0.4) is 0 Å². The SMILES string of the molecule is CC(C)OC(=O)CCC/C=C\C[C@H]1C(=O)CC=C1/C=C/C(O)COc1cccc(Cl)c1. The molecule has 1 unspecified atom stereocenters. The number of carbonyl (C=O) groups is 2. The summed E-state index contributed by atoms with van der Waals surface area (Å²) in [5.74, 6) is 0.396. The highest BCUT2D eigenvalue weighted by Gasteiger charge is 2.24. The Bertz CT molecular complexity index is 825. The maximum atomic E-state index is 12.2. The maximum absolute atomic E-state index is 12.2. The molecule has 2 rings (SSSR count). The molecule has 0 spiro atoms. The van der Waals surface area contributed by atoms with Crippen molar-refractivity contribution in [2.24, 2.45) is 5.92 Å². The van der Waals surface area contributed by atoms with Gasteiger partial charge in [-0.2, -0.15) is 0 Å². The molecular weight excluding hydrogens is 416 g/mol. The molecule has 2 atom stereocenters. The van der Waals surface area contributed by atoms with Crippen LogP contribution >= 0.6 is 11.6 Å². The van der Waals surface area contributed by atoms with E-state index in [-0.39, 0.29) is 30.4 Å². The summed E-state index contributed by atoms with van der Waals surface area (Å²) >= 11 is 5.92. The lowest BCUT2D eigenvalue weighted by molar-refractivity contribution is -0.147. The molecule has 6 heteroatoms. The molecule has 5 nitrogen and oxygen atoms in total. The van der Waals surface area contributed by atoms with E-state index in [4.69, 9.17) is 21.1 Å². The Morgan fingerprint density at radius 3 is 2.87 bits per heavy atom. The number of hydrogen-bond donors (Lipinski definition) is 1. The molecule has 1 aliphatic carbocycles. The number of esters is 1. The first-order chi connectivity index (χ1) is 14.8. The number of allylic oxidation sites excluding steroid dienone is 5. The van der Waals surface area contributed by atoms with E-state index in [0.717, 1.165) is 18.4 Å². The van der Waals surface area contributed by atoms with Crippen molar-refractivity contribution in [3.05, 3.63) is 65.2 Å². The molecule has 0 heterocycles. The van der Waals surface area contributed by atoms with Crippen molar-refractivity contribution < 1.29 is 24.2 Å². The van der Waals surface area contributed by atoms with Gasteiger partial charge in [-0.25, -0.2) is 0 Å². The van der Waals surface area contributed by atoms with E-state index in [2.05, 4.69) is 0 Å². The number of hydrogen-bond acceptors (Lipinski definition) is 5. The minimum absolute atomic E-state index is 0.0865. The van der Waals surface area contributed by atoms with Crippen molar-refractivity contribution in [1.29, 1.82) is 0 Å². The van der Waals surface area contributed by atoms with E-state index in [1.54, 1.807) is 36.4 Å². The summed E-state index contributed by atoms with van der Waals surface area (Å²) in [7, 11) is 0. The van der Waals surface area contributed by atoms with Crippen molar-refractivity contribution in [3.8, 4) is 5.75 Å². The van der Waals surface area contributed by atoms with Crippen molar-refractivity contribution >= 4 is 23.4 Å². The van der Waals surface area contributed by atoms with E-state index in [9.17, 15) is 14.7 Å². The van der Waals surface area contributed by atoms with Crippen LogP contribution in [0.25, 0.3) is 0 Å². The second-order valence-electron chi connectivity index (χ2n) is 7.76. The summed E-state index contributed by atoms with van der Waals surface area (Å²) in [5.41, 5.74) is 0.914. The number of rotatable bonds is 12. The standard InChI is InChI=1S/C25H31ClO5/c1-18(2)31-25(29)11-6-4-3-5-10-23-19(13-15-24(23)28)12-14-21(27)17-30-22-9-7-8-20(26)16-22/h3,5,7-9,12-14,16,18,21,23,27H,4,6,10-11,15,17H2,1-2H3/b5-3-,14-12+/t21?,23-/m1/s1. The van der Waals surface area contributed by atoms with Gasteiger partial charge in [0.05, 0.1) is 6.10 Å². The van der Waals surface area contributed by atoms with Gasteiger partial charge < -0.3 is 14.6 Å². The lowest BCUT2D eigenvalue weighted by Crippen LogP contribution is -2.15. The smallest absolute Gasteiger partial charge is 0.306 e. The monoisotopic (exact) mass is 446 g/mol. The molecule has 1 aromatic carbocycles. The molecule has 0 fully saturated rings. The highest BCUT2D eigenvalue weighted by molar-refractivity contribution is 6.30. The zero-order chi connectivity index (χ0) is 22.6. The van der Waals surface area contributed by atoms with Gasteiger partial charge >= 0.3 is 5.97 Å². The number of Topliss-reactive ketones (excluding diaryl/α,β-unsaturated/α-hetero) is 1. The summed E-state index contributed by atoms with van der Waals surface area (Å²) in [4.78, 5) is 23.7. The third-order valence-electron chi connectivity index (χ3n) is 4.71. The summed E-state index contributed by atoms with van der Waals surface area (Å²) in [6, 6.07) is 7.00. The van der Waals surface area contributed by atoms with Gasteiger partial charge in [0.15, 0.2) is 0 Å². The van der Waals surface area contributed by atoms with Crippen LogP contribution in [0.5, 0.6) is 5.75 Å². The van der Waals surface area contributed by atoms with Gasteiger partial charge in [0.25, 0.3) is 0 Å². The lowest BCUT2D eigenvalue weighted by atomic mass is 9.95. The molecule has 0 amide bonds. The van der Waals surface area contributed by atoms with E-state index in [1.807, 2.05) is 32.1 Å².